The highest BCUT2D eigenvalue weighted by Gasteiger charge is 2.06. The van der Waals surface area contributed by atoms with E-state index in [1.165, 1.54) is 0 Å². The fourth-order valence-electron chi connectivity index (χ4n) is 1.31. The summed E-state index contributed by atoms with van der Waals surface area (Å²) in [5.74, 6) is 0.655. The average Bonchev–Trinajstić information content (AvgIpc) is 2.26. The van der Waals surface area contributed by atoms with Crippen molar-refractivity contribution in [3.8, 4) is 5.75 Å². The van der Waals surface area contributed by atoms with E-state index in [9.17, 15) is 4.79 Å². The van der Waals surface area contributed by atoms with Crippen LogP contribution in [0.5, 0.6) is 5.75 Å². The highest BCUT2D eigenvalue weighted by atomic mass is 16.5. The van der Waals surface area contributed by atoms with Crippen LogP contribution in [-0.2, 0) is 0 Å². The van der Waals surface area contributed by atoms with Crippen molar-refractivity contribution in [1.29, 1.82) is 0 Å². The van der Waals surface area contributed by atoms with Gasteiger partial charge in [0.1, 0.15) is 5.75 Å². The van der Waals surface area contributed by atoms with Gasteiger partial charge in [-0.1, -0.05) is 0 Å². The van der Waals surface area contributed by atoms with Crippen molar-refractivity contribution in [2.45, 2.75) is 32.9 Å². The van der Waals surface area contributed by atoms with Gasteiger partial charge in [-0.15, -0.1) is 0 Å². The van der Waals surface area contributed by atoms with Crippen LogP contribution in [-0.4, -0.2) is 24.6 Å². The van der Waals surface area contributed by atoms with Gasteiger partial charge in [-0.25, -0.2) is 0 Å². The minimum atomic E-state index is -0.113. The van der Waals surface area contributed by atoms with Gasteiger partial charge in [-0.2, -0.15) is 0 Å². The van der Waals surface area contributed by atoms with E-state index in [4.69, 9.17) is 10.5 Å². The Hall–Kier alpha value is -1.55. The van der Waals surface area contributed by atoms with Gasteiger partial charge in [-0.05, 0) is 45.0 Å². The first-order valence-corrected chi connectivity index (χ1v) is 5.79. The number of ether oxygens (including phenoxy) is 1. The van der Waals surface area contributed by atoms with Crippen LogP contribution in [0.25, 0.3) is 0 Å². The van der Waals surface area contributed by atoms with Crippen molar-refractivity contribution in [3.05, 3.63) is 29.8 Å². The minimum Gasteiger partial charge on any atom is -0.491 e. The first kappa shape index (κ1) is 13.5. The van der Waals surface area contributed by atoms with Crippen molar-refractivity contribution in [1.82, 2.24) is 5.32 Å². The predicted octanol–water partition coefficient (Wildman–Crippen LogP) is 1.55. The molecule has 0 aliphatic rings. The van der Waals surface area contributed by atoms with Gasteiger partial charge in [-0.3, -0.25) is 4.79 Å². The summed E-state index contributed by atoms with van der Waals surface area (Å²) in [6.07, 6.45) is 0.132. The summed E-state index contributed by atoms with van der Waals surface area (Å²) in [7, 11) is 0. The summed E-state index contributed by atoms with van der Waals surface area (Å²) in [6.45, 7) is 6.25. The maximum Gasteiger partial charge on any atom is 0.251 e. The Balaban J connectivity index is 2.57. The minimum absolute atomic E-state index is 0.0394. The summed E-state index contributed by atoms with van der Waals surface area (Å²) in [5.41, 5.74) is 6.18. The summed E-state index contributed by atoms with van der Waals surface area (Å²) in [4.78, 5) is 11.7. The molecule has 94 valence electrons. The molecule has 0 aromatic heterocycles. The lowest BCUT2D eigenvalue weighted by molar-refractivity contribution is 0.0951. The molecule has 1 amide bonds. The SMILES string of the molecule is CC(N)CNC(=O)c1ccc(OC(C)C)cc1. The number of hydrogen-bond donors (Lipinski definition) is 2. The second-order valence-electron chi connectivity index (χ2n) is 4.38. The third-order valence-corrected chi connectivity index (χ3v) is 2.07. The van der Waals surface area contributed by atoms with Gasteiger partial charge < -0.3 is 15.8 Å². The first-order chi connectivity index (χ1) is 7.99. The summed E-state index contributed by atoms with van der Waals surface area (Å²) in [5, 5.41) is 2.75. The number of carbonyl (C=O) groups excluding carboxylic acids is 1. The standard InChI is InChI=1S/C13H20N2O2/c1-9(2)17-12-6-4-11(5-7-12)13(16)15-8-10(3)14/h4-7,9-10H,8,14H2,1-3H3,(H,15,16). The Labute approximate surface area is 102 Å². The highest BCUT2D eigenvalue weighted by molar-refractivity contribution is 5.94. The molecule has 0 heterocycles. The Morgan fingerprint density at radius 3 is 2.35 bits per heavy atom. The monoisotopic (exact) mass is 236 g/mol. The van der Waals surface area contributed by atoms with Gasteiger partial charge in [0.25, 0.3) is 5.91 Å². The molecule has 0 aliphatic carbocycles. The lowest BCUT2D eigenvalue weighted by Gasteiger charge is -2.11. The van der Waals surface area contributed by atoms with Crippen LogP contribution in [0.4, 0.5) is 0 Å². The van der Waals surface area contributed by atoms with Gasteiger partial charge in [0.15, 0.2) is 0 Å². The zero-order chi connectivity index (χ0) is 12.8. The number of benzene rings is 1. The zero-order valence-electron chi connectivity index (χ0n) is 10.6. The van der Waals surface area contributed by atoms with Crippen LogP contribution >= 0.6 is 0 Å². The number of hydrogen-bond acceptors (Lipinski definition) is 3. The molecule has 0 fully saturated rings. The molecule has 1 aromatic rings. The van der Waals surface area contributed by atoms with Crippen molar-refractivity contribution in [2.75, 3.05) is 6.54 Å². The quantitative estimate of drug-likeness (QED) is 0.815. The first-order valence-electron chi connectivity index (χ1n) is 5.79. The highest BCUT2D eigenvalue weighted by Crippen LogP contribution is 2.13. The number of amides is 1. The molecule has 4 heteroatoms. The van der Waals surface area contributed by atoms with Crippen LogP contribution in [0, 0.1) is 0 Å². The second kappa shape index (κ2) is 6.25. The number of carbonyl (C=O) groups is 1. The number of nitrogens with two attached hydrogens (primary N) is 1. The number of rotatable bonds is 5. The van der Waals surface area contributed by atoms with Crippen LogP contribution in [0.3, 0.4) is 0 Å². The van der Waals surface area contributed by atoms with E-state index in [0.29, 0.717) is 12.1 Å². The second-order valence-corrected chi connectivity index (χ2v) is 4.38. The molecular weight excluding hydrogens is 216 g/mol. The summed E-state index contributed by atoms with van der Waals surface area (Å²) in [6, 6.07) is 7.03. The van der Waals surface area contributed by atoms with Crippen LogP contribution in [0.15, 0.2) is 24.3 Å². The summed E-state index contributed by atoms with van der Waals surface area (Å²) >= 11 is 0. The van der Waals surface area contributed by atoms with E-state index in [1.54, 1.807) is 24.3 Å². The molecular formula is C13H20N2O2. The molecule has 1 unspecified atom stereocenters. The average molecular weight is 236 g/mol. The lowest BCUT2D eigenvalue weighted by atomic mass is 10.2. The largest absolute Gasteiger partial charge is 0.491 e. The molecule has 4 nitrogen and oxygen atoms in total. The lowest BCUT2D eigenvalue weighted by Crippen LogP contribution is -2.35. The normalized spacial score (nSPS) is 12.3. The zero-order valence-corrected chi connectivity index (χ0v) is 10.6. The van der Waals surface area contributed by atoms with Crippen LogP contribution in [0.1, 0.15) is 31.1 Å². The third-order valence-electron chi connectivity index (χ3n) is 2.07. The van der Waals surface area contributed by atoms with E-state index in [1.807, 2.05) is 20.8 Å². The molecule has 17 heavy (non-hydrogen) atoms. The summed E-state index contributed by atoms with van der Waals surface area (Å²) < 4.78 is 5.50. The predicted molar refractivity (Wildman–Crippen MR) is 68.2 cm³/mol. The fraction of sp³-hybridized carbons (Fsp3) is 0.462. The Kier molecular flexibility index (Phi) is 4.97. The molecule has 0 spiro atoms. The molecule has 1 rings (SSSR count). The van der Waals surface area contributed by atoms with Crippen LogP contribution in [0.2, 0.25) is 0 Å². The Bertz CT molecular complexity index is 358. The molecule has 0 bridgehead atoms. The van der Waals surface area contributed by atoms with E-state index in [0.717, 1.165) is 5.75 Å². The molecule has 0 saturated heterocycles. The van der Waals surface area contributed by atoms with E-state index in [-0.39, 0.29) is 18.1 Å². The van der Waals surface area contributed by atoms with Gasteiger partial charge >= 0.3 is 0 Å². The Morgan fingerprint density at radius 1 is 1.29 bits per heavy atom. The van der Waals surface area contributed by atoms with E-state index >= 15 is 0 Å². The molecule has 1 atom stereocenters. The fourth-order valence-corrected chi connectivity index (χ4v) is 1.31. The molecule has 0 radical (unpaired) electrons. The molecule has 3 N–H and O–H groups in total. The smallest absolute Gasteiger partial charge is 0.251 e. The number of nitrogens with one attached hydrogen (secondary N) is 1. The van der Waals surface area contributed by atoms with Gasteiger partial charge in [0.05, 0.1) is 6.10 Å². The van der Waals surface area contributed by atoms with Gasteiger partial charge in [0, 0.05) is 18.2 Å². The van der Waals surface area contributed by atoms with E-state index in [2.05, 4.69) is 5.32 Å². The third kappa shape index (κ3) is 4.87. The van der Waals surface area contributed by atoms with Crippen molar-refractivity contribution in [3.63, 3.8) is 0 Å². The topological polar surface area (TPSA) is 64.3 Å². The maximum absolute atomic E-state index is 11.7. The molecule has 1 aromatic carbocycles. The molecule has 0 aliphatic heterocycles. The molecule has 0 saturated carbocycles. The van der Waals surface area contributed by atoms with Gasteiger partial charge in [0.2, 0.25) is 0 Å². The maximum atomic E-state index is 11.7. The van der Waals surface area contributed by atoms with Crippen molar-refractivity contribution >= 4 is 5.91 Å². The van der Waals surface area contributed by atoms with E-state index < -0.39 is 0 Å². The van der Waals surface area contributed by atoms with Crippen molar-refractivity contribution < 1.29 is 9.53 Å². The Morgan fingerprint density at radius 2 is 1.88 bits per heavy atom. The van der Waals surface area contributed by atoms with Crippen molar-refractivity contribution in [2.24, 2.45) is 5.73 Å². The van der Waals surface area contributed by atoms with Crippen LogP contribution < -0.4 is 15.8 Å².